The summed E-state index contributed by atoms with van der Waals surface area (Å²) in [6.45, 7) is 1.72. The topological polar surface area (TPSA) is 60.4 Å². The smallest absolute Gasteiger partial charge is 0.334 e. The molecule has 0 saturated heterocycles. The van der Waals surface area contributed by atoms with E-state index in [-0.39, 0.29) is 18.8 Å². The van der Waals surface area contributed by atoms with Crippen molar-refractivity contribution in [1.29, 1.82) is 0 Å². The quantitative estimate of drug-likeness (QED) is 0.675. The molecule has 0 heterocycles. The lowest BCUT2D eigenvalue weighted by Crippen LogP contribution is -2.06. The number of carbonyl (C=O) groups excluding carboxylic acids is 1. The first-order valence-corrected chi connectivity index (χ1v) is 4.86. The van der Waals surface area contributed by atoms with Gasteiger partial charge < -0.3 is 4.18 Å². The molecule has 0 aromatic heterocycles. The van der Waals surface area contributed by atoms with Gasteiger partial charge in [-0.1, -0.05) is 6.92 Å². The summed E-state index contributed by atoms with van der Waals surface area (Å²) in [6.07, 6.45) is 0.594. The molecular weight excluding hydrogens is 215 g/mol. The van der Waals surface area contributed by atoms with Crippen LogP contribution >= 0.6 is 23.1 Å². The van der Waals surface area contributed by atoms with Crippen molar-refractivity contribution in [3.8, 4) is 0 Å². The van der Waals surface area contributed by atoms with E-state index in [0.717, 1.165) is 0 Å². The Labute approximate surface area is 75.9 Å². The Morgan fingerprint density at radius 3 is 2.27 bits per heavy atom. The summed E-state index contributed by atoms with van der Waals surface area (Å²) in [6, 6.07) is 0. The molecule has 0 amide bonds. The van der Waals surface area contributed by atoms with Crippen LogP contribution in [-0.4, -0.2) is 14.4 Å². The van der Waals surface area contributed by atoms with Gasteiger partial charge in [-0.05, 0) is 6.42 Å². The molecule has 0 aliphatic rings. The molecule has 0 atom stereocenters. The first-order valence-electron chi connectivity index (χ1n) is 2.62. The van der Waals surface area contributed by atoms with Crippen LogP contribution in [0.4, 0.5) is 0 Å². The van der Waals surface area contributed by atoms with Gasteiger partial charge in [0.2, 0.25) is 0 Å². The summed E-state index contributed by atoms with van der Waals surface area (Å²) >= 11 is 0. The lowest BCUT2D eigenvalue weighted by molar-refractivity contribution is -0.133. The zero-order chi connectivity index (χ0) is 8.20. The van der Waals surface area contributed by atoms with Gasteiger partial charge in [-0.2, -0.15) is 8.42 Å². The molecule has 0 unspecified atom stereocenters. The van der Waals surface area contributed by atoms with Crippen molar-refractivity contribution >= 4 is 38.4 Å². The molecule has 0 aromatic carbocycles. The van der Waals surface area contributed by atoms with Gasteiger partial charge >= 0.3 is 15.3 Å². The predicted molar refractivity (Wildman–Crippen MR) is 43.0 cm³/mol. The van der Waals surface area contributed by atoms with Crippen LogP contribution < -0.4 is 0 Å². The van der Waals surface area contributed by atoms with E-state index >= 15 is 0 Å². The van der Waals surface area contributed by atoms with Gasteiger partial charge in [-0.25, -0.2) is 0 Å². The van der Waals surface area contributed by atoms with Crippen LogP contribution in [0.2, 0.25) is 0 Å². The largest absolute Gasteiger partial charge is 0.403 e. The molecule has 0 saturated carbocycles. The van der Waals surface area contributed by atoms with Crippen LogP contribution in [0.3, 0.4) is 0 Å². The van der Waals surface area contributed by atoms with E-state index < -0.39 is 15.3 Å². The molecule has 0 spiro atoms. The zero-order valence-electron chi connectivity index (χ0n) is 5.74. The normalized spacial score (nSPS) is 10.0. The average molecular weight is 223 g/mol. The third-order valence-electron chi connectivity index (χ3n) is 0.647. The highest BCUT2D eigenvalue weighted by Crippen LogP contribution is 2.01. The molecule has 68 valence electrons. The van der Waals surface area contributed by atoms with Crippen molar-refractivity contribution in [2.24, 2.45) is 0 Å². The van der Waals surface area contributed by atoms with Gasteiger partial charge in [0.1, 0.15) is 0 Å². The van der Waals surface area contributed by atoms with E-state index in [9.17, 15) is 13.2 Å². The first-order chi connectivity index (χ1) is 4.45. The van der Waals surface area contributed by atoms with Gasteiger partial charge in [0, 0.05) is 6.42 Å². The average Bonchev–Trinajstić information content (AvgIpc) is 1.59. The minimum absolute atomic E-state index is 0. The Morgan fingerprint density at radius 2 is 2.00 bits per heavy atom. The Balaban J connectivity index is 0. The second-order valence-corrected chi connectivity index (χ2v) is 3.69. The summed E-state index contributed by atoms with van der Waals surface area (Å²) in [4.78, 5) is 10.4. The fourth-order valence-electron chi connectivity index (χ4n) is 0.357. The van der Waals surface area contributed by atoms with Crippen LogP contribution in [0, 0.1) is 0 Å². The number of rotatable bonds is 3. The maximum atomic E-state index is 10.4. The van der Waals surface area contributed by atoms with Crippen molar-refractivity contribution in [3.63, 3.8) is 0 Å². The van der Waals surface area contributed by atoms with Gasteiger partial charge in [-0.3, -0.25) is 4.79 Å². The monoisotopic (exact) mass is 222 g/mol. The maximum Gasteiger partial charge on any atom is 0.403 e. The zero-order valence-corrected chi connectivity index (χ0v) is 8.13. The molecule has 0 aliphatic heterocycles. The summed E-state index contributed by atoms with van der Waals surface area (Å²) in [5.41, 5.74) is 0. The molecule has 0 fully saturated rings. The van der Waals surface area contributed by atoms with Crippen molar-refractivity contribution < 1.29 is 17.4 Å². The van der Waals surface area contributed by atoms with Gasteiger partial charge in [-0.15, -0.1) is 12.4 Å². The fraction of sp³-hybridized carbons (Fsp3) is 0.750. The van der Waals surface area contributed by atoms with Crippen LogP contribution in [0.5, 0.6) is 0 Å². The van der Waals surface area contributed by atoms with Crippen molar-refractivity contribution in [1.82, 2.24) is 0 Å². The van der Waals surface area contributed by atoms with Gasteiger partial charge in [0.05, 0.1) is 10.7 Å². The molecule has 0 bridgehead atoms. The maximum absolute atomic E-state index is 10.4. The van der Waals surface area contributed by atoms with Crippen LogP contribution in [0.25, 0.3) is 0 Å². The first kappa shape index (κ1) is 13.6. The lowest BCUT2D eigenvalue weighted by atomic mass is 10.4. The summed E-state index contributed by atoms with van der Waals surface area (Å²) in [5.74, 6) is -0.822. The molecular formula is C4H8Cl2O4S. The van der Waals surface area contributed by atoms with E-state index in [2.05, 4.69) is 14.9 Å². The summed E-state index contributed by atoms with van der Waals surface area (Å²) in [7, 11) is 0.470. The number of halogens is 2. The molecule has 0 radical (unpaired) electrons. The number of carbonyl (C=O) groups is 1. The molecule has 0 N–H and O–H groups in total. The number of hydrogen-bond acceptors (Lipinski definition) is 4. The van der Waals surface area contributed by atoms with Gasteiger partial charge in [0.15, 0.2) is 0 Å². The molecule has 11 heavy (non-hydrogen) atoms. The minimum Gasteiger partial charge on any atom is -0.334 e. The second kappa shape index (κ2) is 5.62. The van der Waals surface area contributed by atoms with Crippen molar-refractivity contribution in [2.75, 3.05) is 0 Å². The number of hydrogen-bond donors (Lipinski definition) is 0. The third-order valence-corrected chi connectivity index (χ3v) is 1.22. The molecule has 0 aromatic rings. The van der Waals surface area contributed by atoms with Crippen molar-refractivity contribution in [3.05, 3.63) is 0 Å². The highest BCUT2D eigenvalue weighted by Gasteiger charge is 2.11. The Bertz CT molecular complexity index is 210. The van der Waals surface area contributed by atoms with Crippen LogP contribution in [0.15, 0.2) is 0 Å². The van der Waals surface area contributed by atoms with E-state index in [0.29, 0.717) is 6.42 Å². The molecule has 4 nitrogen and oxygen atoms in total. The predicted octanol–water partition coefficient (Wildman–Crippen LogP) is 1.24. The molecule has 0 rings (SSSR count). The third kappa shape index (κ3) is 10.0. The van der Waals surface area contributed by atoms with Gasteiger partial charge in [0.25, 0.3) is 0 Å². The lowest BCUT2D eigenvalue weighted by Gasteiger charge is -1.95. The highest BCUT2D eigenvalue weighted by atomic mass is 35.7. The highest BCUT2D eigenvalue weighted by molar-refractivity contribution is 8.10. The Kier molecular flexibility index (Phi) is 6.94. The summed E-state index contributed by atoms with van der Waals surface area (Å²) in [5, 5.41) is 0. The standard InChI is InChI=1S/C4H7ClO4S.ClH/c1-2-3-4(6)9-10(5,7)8;/h2-3H2,1H3;1H. The summed E-state index contributed by atoms with van der Waals surface area (Å²) < 4.78 is 23.9. The van der Waals surface area contributed by atoms with Crippen LogP contribution in [0.1, 0.15) is 19.8 Å². The van der Waals surface area contributed by atoms with Crippen LogP contribution in [-0.2, 0) is 18.3 Å². The van der Waals surface area contributed by atoms with E-state index in [1.54, 1.807) is 6.92 Å². The Morgan fingerprint density at radius 1 is 1.55 bits per heavy atom. The molecule has 7 heteroatoms. The second-order valence-electron chi connectivity index (χ2n) is 1.60. The van der Waals surface area contributed by atoms with E-state index in [1.807, 2.05) is 0 Å². The molecule has 0 aliphatic carbocycles. The van der Waals surface area contributed by atoms with E-state index in [4.69, 9.17) is 0 Å². The van der Waals surface area contributed by atoms with E-state index in [1.165, 1.54) is 0 Å². The fourth-order valence-corrected chi connectivity index (χ4v) is 0.873. The Hall–Kier alpha value is -0.000000000000000111. The SMILES string of the molecule is CCCC(=O)OS(=O)(=O)Cl.Cl. The minimum atomic E-state index is -4.12. The van der Waals surface area contributed by atoms with Crippen molar-refractivity contribution in [2.45, 2.75) is 19.8 Å².